The van der Waals surface area contributed by atoms with Gasteiger partial charge in [0.1, 0.15) is 16.5 Å². The predicted octanol–water partition coefficient (Wildman–Crippen LogP) is 3.15. The first-order chi connectivity index (χ1) is 7.95. The van der Waals surface area contributed by atoms with Crippen molar-refractivity contribution in [1.29, 1.82) is 0 Å². The summed E-state index contributed by atoms with van der Waals surface area (Å²) < 4.78 is 41.4. The summed E-state index contributed by atoms with van der Waals surface area (Å²) in [5.74, 6) is -1.27. The Hall–Kier alpha value is -0.930. The van der Waals surface area contributed by atoms with E-state index in [9.17, 15) is 13.2 Å². The Morgan fingerprint density at radius 3 is 2.65 bits per heavy atom. The van der Waals surface area contributed by atoms with E-state index in [1.54, 1.807) is 0 Å². The lowest BCUT2D eigenvalue weighted by Gasteiger charge is -2.06. The fraction of sp³-hybridized carbons (Fsp3) is 0.143. The Morgan fingerprint density at radius 1 is 1.29 bits per heavy atom. The van der Waals surface area contributed by atoms with Crippen LogP contribution in [0.4, 0.5) is 13.2 Å². The van der Waals surface area contributed by atoms with E-state index in [1.807, 2.05) is 0 Å². The summed E-state index contributed by atoms with van der Waals surface area (Å²) in [5.41, 5.74) is 0. The fourth-order valence-electron chi connectivity index (χ4n) is 0.873. The second-order valence-electron chi connectivity index (χ2n) is 2.66. The van der Waals surface area contributed by atoms with Crippen molar-refractivity contribution in [3.05, 3.63) is 23.4 Å². The molecule has 0 aliphatic rings. The van der Waals surface area contributed by atoms with Crippen LogP contribution in [0.3, 0.4) is 0 Å². The van der Waals surface area contributed by atoms with Crippen LogP contribution in [0, 0.1) is 0 Å². The van der Waals surface area contributed by atoms with Crippen LogP contribution < -0.4 is 0 Å². The molecular weight excluding hydrogens is 297 g/mol. The van der Waals surface area contributed by atoms with Gasteiger partial charge in [0.2, 0.25) is 5.82 Å². The van der Waals surface area contributed by atoms with Crippen LogP contribution in [0.15, 0.2) is 21.8 Å². The Kier molecular flexibility index (Phi) is 3.50. The predicted molar refractivity (Wildman–Crippen MR) is 56.1 cm³/mol. The summed E-state index contributed by atoms with van der Waals surface area (Å²) in [6.07, 6.45) is -3.32. The summed E-state index contributed by atoms with van der Waals surface area (Å²) in [6.45, 7) is 0. The molecule has 90 valence electrons. The van der Waals surface area contributed by atoms with E-state index in [-0.39, 0.29) is 10.2 Å². The van der Waals surface area contributed by atoms with Gasteiger partial charge >= 0.3 is 6.18 Å². The lowest BCUT2D eigenvalue weighted by atomic mass is 10.5. The van der Waals surface area contributed by atoms with E-state index >= 15 is 0 Å². The first kappa shape index (κ1) is 12.5. The molecule has 2 aromatic rings. The molecule has 2 heterocycles. The molecule has 0 aliphatic heterocycles. The highest BCUT2D eigenvalue weighted by Gasteiger charge is 2.35. The quantitative estimate of drug-likeness (QED) is 0.797. The maximum absolute atomic E-state index is 12.4. The molecule has 17 heavy (non-hydrogen) atoms. The highest BCUT2D eigenvalue weighted by atomic mass is 35.5. The van der Waals surface area contributed by atoms with Crippen LogP contribution >= 0.6 is 34.9 Å². The largest absolute Gasteiger partial charge is 0.451 e. The van der Waals surface area contributed by atoms with Crippen LogP contribution in [-0.2, 0) is 6.18 Å². The standard InChI is InChI=1S/C7H2ClF3N4S2/c8-3-1-4(16-6-12-2-13-17-6)15-5(14-3)7(9,10)11/h1-2H. The van der Waals surface area contributed by atoms with E-state index in [4.69, 9.17) is 11.6 Å². The number of nitrogens with zero attached hydrogens (tertiary/aromatic N) is 4. The smallest absolute Gasteiger partial charge is 0.217 e. The maximum atomic E-state index is 12.4. The molecule has 0 fully saturated rings. The van der Waals surface area contributed by atoms with Gasteiger partial charge in [-0.15, -0.1) is 0 Å². The summed E-state index contributed by atoms with van der Waals surface area (Å²) in [5, 5.41) is -0.187. The van der Waals surface area contributed by atoms with E-state index in [2.05, 4.69) is 19.3 Å². The summed E-state index contributed by atoms with van der Waals surface area (Å²) >= 11 is 7.50. The van der Waals surface area contributed by atoms with Crippen molar-refractivity contribution in [3.8, 4) is 0 Å². The number of alkyl halides is 3. The second-order valence-corrected chi connectivity index (χ2v) is 5.09. The van der Waals surface area contributed by atoms with Crippen LogP contribution in [0.1, 0.15) is 5.82 Å². The molecular formula is C7H2ClF3N4S2. The molecule has 0 saturated heterocycles. The van der Waals surface area contributed by atoms with Crippen LogP contribution in [-0.4, -0.2) is 19.3 Å². The van der Waals surface area contributed by atoms with Gasteiger partial charge in [-0.25, -0.2) is 15.0 Å². The van der Waals surface area contributed by atoms with E-state index in [0.717, 1.165) is 23.3 Å². The van der Waals surface area contributed by atoms with Gasteiger partial charge in [-0.2, -0.15) is 17.5 Å². The van der Waals surface area contributed by atoms with E-state index in [0.29, 0.717) is 4.34 Å². The molecule has 0 atom stereocenters. The average molecular weight is 299 g/mol. The monoisotopic (exact) mass is 298 g/mol. The van der Waals surface area contributed by atoms with Gasteiger partial charge in [0.05, 0.1) is 0 Å². The van der Waals surface area contributed by atoms with Gasteiger partial charge in [0.25, 0.3) is 0 Å². The van der Waals surface area contributed by atoms with E-state index < -0.39 is 12.0 Å². The first-order valence-electron chi connectivity index (χ1n) is 4.01. The Labute approximate surface area is 106 Å². The molecule has 0 aliphatic carbocycles. The van der Waals surface area contributed by atoms with Crippen molar-refractivity contribution in [2.75, 3.05) is 0 Å². The molecule has 4 nitrogen and oxygen atoms in total. The normalized spacial score (nSPS) is 11.8. The van der Waals surface area contributed by atoms with Gasteiger partial charge in [-0.05, 0) is 23.3 Å². The minimum Gasteiger partial charge on any atom is -0.217 e. The SMILES string of the molecule is FC(F)(F)c1nc(Cl)cc(Sc2ncns2)n1. The summed E-state index contributed by atoms with van der Waals surface area (Å²) in [4.78, 5) is 10.3. The zero-order valence-corrected chi connectivity index (χ0v) is 10.2. The van der Waals surface area contributed by atoms with Gasteiger partial charge in [0, 0.05) is 6.07 Å². The van der Waals surface area contributed by atoms with Crippen LogP contribution in [0.2, 0.25) is 5.15 Å². The van der Waals surface area contributed by atoms with Crippen molar-refractivity contribution < 1.29 is 13.2 Å². The number of hydrogen-bond donors (Lipinski definition) is 0. The topological polar surface area (TPSA) is 51.6 Å². The van der Waals surface area contributed by atoms with Gasteiger partial charge in [0.15, 0.2) is 4.34 Å². The Bertz CT molecular complexity index is 516. The van der Waals surface area contributed by atoms with Crippen molar-refractivity contribution in [3.63, 3.8) is 0 Å². The summed E-state index contributed by atoms with van der Waals surface area (Å²) in [6, 6.07) is 1.24. The maximum Gasteiger partial charge on any atom is 0.451 e. The second kappa shape index (κ2) is 4.75. The third-order valence-corrected chi connectivity index (χ3v) is 3.28. The van der Waals surface area contributed by atoms with Crippen molar-refractivity contribution >= 4 is 34.9 Å². The zero-order chi connectivity index (χ0) is 12.5. The van der Waals surface area contributed by atoms with Crippen LogP contribution in [0.5, 0.6) is 0 Å². The molecule has 10 heteroatoms. The molecule has 0 N–H and O–H groups in total. The van der Waals surface area contributed by atoms with Gasteiger partial charge in [-0.3, -0.25) is 0 Å². The minimum atomic E-state index is -4.62. The molecule has 0 amide bonds. The van der Waals surface area contributed by atoms with Gasteiger partial charge < -0.3 is 0 Å². The number of rotatable bonds is 2. The third-order valence-electron chi connectivity index (χ3n) is 1.46. The number of aromatic nitrogens is 4. The minimum absolute atomic E-state index is 0.0778. The molecule has 2 rings (SSSR count). The molecule has 0 aromatic carbocycles. The molecule has 0 unspecified atom stereocenters. The zero-order valence-electron chi connectivity index (χ0n) is 7.77. The van der Waals surface area contributed by atoms with Crippen molar-refractivity contribution in [2.24, 2.45) is 0 Å². The number of halogens is 4. The Morgan fingerprint density at radius 2 is 2.06 bits per heavy atom. The molecule has 0 saturated carbocycles. The lowest BCUT2D eigenvalue weighted by Crippen LogP contribution is -2.11. The molecule has 0 radical (unpaired) electrons. The third kappa shape index (κ3) is 3.27. The molecule has 2 aromatic heterocycles. The van der Waals surface area contributed by atoms with E-state index in [1.165, 1.54) is 12.4 Å². The Balaban J connectivity index is 2.32. The molecule has 0 spiro atoms. The van der Waals surface area contributed by atoms with Crippen LogP contribution in [0.25, 0.3) is 0 Å². The number of hydrogen-bond acceptors (Lipinski definition) is 6. The lowest BCUT2D eigenvalue weighted by molar-refractivity contribution is -0.145. The highest BCUT2D eigenvalue weighted by Crippen LogP contribution is 2.32. The molecule has 0 bridgehead atoms. The van der Waals surface area contributed by atoms with Gasteiger partial charge in [-0.1, -0.05) is 11.6 Å². The highest BCUT2D eigenvalue weighted by molar-refractivity contribution is 8.00. The fourth-order valence-corrected chi connectivity index (χ4v) is 2.52. The van der Waals surface area contributed by atoms with Crippen molar-refractivity contribution in [1.82, 2.24) is 19.3 Å². The first-order valence-corrected chi connectivity index (χ1v) is 5.98. The average Bonchev–Trinajstić information content (AvgIpc) is 2.68. The van der Waals surface area contributed by atoms with Crippen molar-refractivity contribution in [2.45, 2.75) is 15.5 Å². The summed E-state index contributed by atoms with van der Waals surface area (Å²) in [7, 11) is 0.